The van der Waals surface area contributed by atoms with E-state index in [4.69, 9.17) is 27.5 Å². The molecule has 1 fully saturated rings. The first-order valence-corrected chi connectivity index (χ1v) is 7.33. The van der Waals surface area contributed by atoms with Gasteiger partial charge in [0.1, 0.15) is 5.84 Å². The lowest BCUT2D eigenvalue weighted by molar-refractivity contribution is 0.0549. The van der Waals surface area contributed by atoms with Gasteiger partial charge in [-0.2, -0.15) is 0 Å². The van der Waals surface area contributed by atoms with Gasteiger partial charge in [0.05, 0.1) is 0 Å². The number of nitrogens with one attached hydrogen (secondary N) is 1. The van der Waals surface area contributed by atoms with Crippen LogP contribution in [0.1, 0.15) is 24.0 Å². The normalized spacial score (nSPS) is 16.6. The lowest BCUT2D eigenvalue weighted by Gasteiger charge is -2.27. The Hall–Kier alpha value is -1.10. The fourth-order valence-electron chi connectivity index (χ4n) is 2.57. The Bertz CT molecular complexity index is 472. The average molecular weight is 296 g/mol. The predicted molar refractivity (Wildman–Crippen MR) is 82.3 cm³/mol. The molecule has 0 amide bonds. The molecule has 1 aliphatic heterocycles. The van der Waals surface area contributed by atoms with Crippen molar-refractivity contribution in [1.29, 1.82) is 5.41 Å². The van der Waals surface area contributed by atoms with Crippen LogP contribution >= 0.6 is 11.6 Å². The molecule has 5 heteroatoms. The molecule has 0 bridgehead atoms. The maximum atomic E-state index is 7.41. The summed E-state index contributed by atoms with van der Waals surface area (Å²) < 4.78 is 5.38. The van der Waals surface area contributed by atoms with Gasteiger partial charge in [0, 0.05) is 36.9 Å². The molecular formula is C15H22ClN3O. The Morgan fingerprint density at radius 2 is 2.15 bits per heavy atom. The van der Waals surface area contributed by atoms with Crippen LogP contribution in [0.15, 0.2) is 18.2 Å². The second-order valence-corrected chi connectivity index (χ2v) is 5.88. The number of amidine groups is 1. The molecule has 2 rings (SSSR count). The number of benzene rings is 1. The van der Waals surface area contributed by atoms with Crippen molar-refractivity contribution in [3.05, 3.63) is 34.3 Å². The standard InChI is InChI=1S/C15H22ClN3O/c1-19(9-11-4-6-20-7-5-11)10-13-3-2-12(15(17)18)8-14(13)16/h2-3,8,11H,4-7,9-10H2,1H3,(H3,17,18). The molecular weight excluding hydrogens is 274 g/mol. The Morgan fingerprint density at radius 1 is 1.45 bits per heavy atom. The van der Waals surface area contributed by atoms with E-state index >= 15 is 0 Å². The number of ether oxygens (including phenoxy) is 1. The monoisotopic (exact) mass is 295 g/mol. The molecule has 0 unspecified atom stereocenters. The summed E-state index contributed by atoms with van der Waals surface area (Å²) in [5.41, 5.74) is 7.21. The molecule has 110 valence electrons. The summed E-state index contributed by atoms with van der Waals surface area (Å²) in [6.07, 6.45) is 2.28. The minimum absolute atomic E-state index is 0.0500. The first kappa shape index (κ1) is 15.3. The fourth-order valence-corrected chi connectivity index (χ4v) is 2.81. The van der Waals surface area contributed by atoms with Gasteiger partial charge >= 0.3 is 0 Å². The Kier molecular flexibility index (Phi) is 5.40. The summed E-state index contributed by atoms with van der Waals surface area (Å²) in [6.45, 7) is 3.64. The Balaban J connectivity index is 1.93. The van der Waals surface area contributed by atoms with E-state index in [2.05, 4.69) is 11.9 Å². The van der Waals surface area contributed by atoms with Gasteiger partial charge in [-0.05, 0) is 37.4 Å². The highest BCUT2D eigenvalue weighted by atomic mass is 35.5. The minimum Gasteiger partial charge on any atom is -0.384 e. The maximum absolute atomic E-state index is 7.41. The van der Waals surface area contributed by atoms with E-state index in [0.717, 1.165) is 44.7 Å². The molecule has 0 aliphatic carbocycles. The summed E-state index contributed by atoms with van der Waals surface area (Å²) in [5.74, 6) is 0.762. The molecule has 0 spiro atoms. The highest BCUT2D eigenvalue weighted by molar-refractivity contribution is 6.31. The molecule has 0 atom stereocenters. The lowest BCUT2D eigenvalue weighted by Crippen LogP contribution is -2.29. The van der Waals surface area contributed by atoms with Crippen LogP contribution in [0.2, 0.25) is 5.02 Å². The first-order valence-electron chi connectivity index (χ1n) is 6.95. The molecule has 1 aliphatic rings. The van der Waals surface area contributed by atoms with Gasteiger partial charge < -0.3 is 15.4 Å². The van der Waals surface area contributed by atoms with E-state index in [-0.39, 0.29) is 5.84 Å². The zero-order valence-electron chi connectivity index (χ0n) is 11.9. The van der Waals surface area contributed by atoms with Gasteiger partial charge in [-0.1, -0.05) is 23.7 Å². The van der Waals surface area contributed by atoms with Crippen molar-refractivity contribution in [2.24, 2.45) is 11.7 Å². The van der Waals surface area contributed by atoms with E-state index < -0.39 is 0 Å². The quantitative estimate of drug-likeness (QED) is 0.648. The Labute approximate surface area is 125 Å². The van der Waals surface area contributed by atoms with Crippen molar-refractivity contribution < 1.29 is 4.74 Å². The molecule has 1 heterocycles. The van der Waals surface area contributed by atoms with Gasteiger partial charge in [0.15, 0.2) is 0 Å². The molecule has 4 nitrogen and oxygen atoms in total. The zero-order valence-corrected chi connectivity index (χ0v) is 12.6. The van der Waals surface area contributed by atoms with Crippen molar-refractivity contribution >= 4 is 17.4 Å². The van der Waals surface area contributed by atoms with E-state index in [1.54, 1.807) is 6.07 Å². The van der Waals surface area contributed by atoms with Crippen molar-refractivity contribution in [3.63, 3.8) is 0 Å². The highest BCUT2D eigenvalue weighted by Crippen LogP contribution is 2.21. The largest absolute Gasteiger partial charge is 0.384 e. The third-order valence-electron chi connectivity index (χ3n) is 3.72. The van der Waals surface area contributed by atoms with Crippen LogP contribution in [0.25, 0.3) is 0 Å². The fraction of sp³-hybridized carbons (Fsp3) is 0.533. The van der Waals surface area contributed by atoms with Gasteiger partial charge in [-0.15, -0.1) is 0 Å². The smallest absolute Gasteiger partial charge is 0.122 e. The van der Waals surface area contributed by atoms with E-state index in [0.29, 0.717) is 16.5 Å². The van der Waals surface area contributed by atoms with E-state index in [9.17, 15) is 0 Å². The number of nitrogens with two attached hydrogens (primary N) is 1. The average Bonchev–Trinajstić information content (AvgIpc) is 2.42. The number of hydrogen-bond donors (Lipinski definition) is 2. The van der Waals surface area contributed by atoms with Crippen LogP contribution in [0.5, 0.6) is 0 Å². The molecule has 3 N–H and O–H groups in total. The molecule has 20 heavy (non-hydrogen) atoms. The zero-order chi connectivity index (χ0) is 14.5. The van der Waals surface area contributed by atoms with Crippen LogP contribution < -0.4 is 5.73 Å². The predicted octanol–water partition coefficient (Wildman–Crippen LogP) is 2.48. The van der Waals surface area contributed by atoms with Crippen LogP contribution in [0.3, 0.4) is 0 Å². The van der Waals surface area contributed by atoms with E-state index in [1.807, 2.05) is 12.1 Å². The second kappa shape index (κ2) is 7.07. The summed E-state index contributed by atoms with van der Waals surface area (Å²) >= 11 is 6.26. The molecule has 1 aromatic rings. The van der Waals surface area contributed by atoms with Crippen LogP contribution in [0, 0.1) is 11.3 Å². The SMILES string of the molecule is CN(Cc1ccc(C(=N)N)cc1Cl)CC1CCOCC1. The van der Waals surface area contributed by atoms with Crippen molar-refractivity contribution in [3.8, 4) is 0 Å². The van der Waals surface area contributed by atoms with Crippen LogP contribution in [0.4, 0.5) is 0 Å². The van der Waals surface area contributed by atoms with Gasteiger partial charge in [-0.25, -0.2) is 0 Å². The van der Waals surface area contributed by atoms with Crippen LogP contribution in [-0.4, -0.2) is 37.5 Å². The third kappa shape index (κ3) is 4.20. The van der Waals surface area contributed by atoms with Crippen molar-refractivity contribution in [2.45, 2.75) is 19.4 Å². The first-order chi connectivity index (χ1) is 9.56. The maximum Gasteiger partial charge on any atom is 0.122 e. The van der Waals surface area contributed by atoms with Gasteiger partial charge in [-0.3, -0.25) is 5.41 Å². The van der Waals surface area contributed by atoms with Crippen LogP contribution in [-0.2, 0) is 11.3 Å². The summed E-state index contributed by atoms with van der Waals surface area (Å²) in [6, 6.07) is 5.58. The number of rotatable bonds is 5. The number of hydrogen-bond acceptors (Lipinski definition) is 3. The molecule has 0 aromatic heterocycles. The number of nitrogen functional groups attached to an aromatic ring is 1. The number of nitrogens with zero attached hydrogens (tertiary/aromatic N) is 1. The van der Waals surface area contributed by atoms with Crippen molar-refractivity contribution in [2.75, 3.05) is 26.8 Å². The molecule has 0 radical (unpaired) electrons. The molecule has 1 saturated heterocycles. The number of halogens is 1. The molecule has 1 aromatic carbocycles. The Morgan fingerprint density at radius 3 is 2.75 bits per heavy atom. The summed E-state index contributed by atoms with van der Waals surface area (Å²) in [4.78, 5) is 2.30. The van der Waals surface area contributed by atoms with Gasteiger partial charge in [0.25, 0.3) is 0 Å². The third-order valence-corrected chi connectivity index (χ3v) is 4.07. The summed E-state index contributed by atoms with van der Waals surface area (Å²) in [5, 5.41) is 8.09. The topological polar surface area (TPSA) is 62.3 Å². The van der Waals surface area contributed by atoms with E-state index in [1.165, 1.54) is 0 Å². The summed E-state index contributed by atoms with van der Waals surface area (Å²) in [7, 11) is 2.12. The van der Waals surface area contributed by atoms with Crippen molar-refractivity contribution in [1.82, 2.24) is 4.90 Å². The molecule has 0 saturated carbocycles. The van der Waals surface area contributed by atoms with Gasteiger partial charge in [0.2, 0.25) is 0 Å². The second-order valence-electron chi connectivity index (χ2n) is 5.47. The minimum atomic E-state index is 0.0500. The lowest BCUT2D eigenvalue weighted by atomic mass is 9.99. The highest BCUT2D eigenvalue weighted by Gasteiger charge is 2.16.